The lowest BCUT2D eigenvalue weighted by Gasteiger charge is -2.29. The quantitative estimate of drug-likeness (QED) is 0.900. The maximum absolute atomic E-state index is 6.06. The summed E-state index contributed by atoms with van der Waals surface area (Å²) in [6, 6.07) is 0.111. The molecular weight excluding hydrogens is 248 g/mol. The SMILES string of the molecule is CC(C)C[C@@H](N)c1nc(C2CSCCN2C)no1. The fraction of sp³-hybridized carbons (Fsp3) is 0.833. The Bertz CT molecular complexity index is 382. The second-order valence-corrected chi connectivity index (χ2v) is 6.45. The van der Waals surface area contributed by atoms with Gasteiger partial charge in [-0.3, -0.25) is 4.90 Å². The van der Waals surface area contributed by atoms with Gasteiger partial charge in [0.2, 0.25) is 5.89 Å². The lowest BCUT2D eigenvalue weighted by Crippen LogP contribution is -2.33. The van der Waals surface area contributed by atoms with Crippen LogP contribution in [-0.4, -0.2) is 40.1 Å². The van der Waals surface area contributed by atoms with Crippen LogP contribution in [0.25, 0.3) is 0 Å². The zero-order valence-corrected chi connectivity index (χ0v) is 12.1. The minimum absolute atomic E-state index is 0.146. The van der Waals surface area contributed by atoms with Crippen molar-refractivity contribution in [3.05, 3.63) is 11.7 Å². The lowest BCUT2D eigenvalue weighted by molar-refractivity contribution is 0.255. The summed E-state index contributed by atoms with van der Waals surface area (Å²) in [5.74, 6) is 4.07. The molecule has 0 amide bonds. The summed E-state index contributed by atoms with van der Waals surface area (Å²) in [4.78, 5) is 6.76. The average Bonchev–Trinajstić information content (AvgIpc) is 2.78. The molecule has 2 rings (SSSR count). The largest absolute Gasteiger partial charge is 0.338 e. The molecule has 0 bridgehead atoms. The molecule has 1 aromatic heterocycles. The third-order valence-electron chi connectivity index (χ3n) is 3.19. The average molecular weight is 270 g/mol. The predicted octanol–water partition coefficient (Wildman–Crippen LogP) is 1.84. The number of hydrogen-bond donors (Lipinski definition) is 1. The summed E-state index contributed by atoms with van der Waals surface area (Å²) < 4.78 is 5.31. The number of rotatable bonds is 4. The van der Waals surface area contributed by atoms with Crippen LogP contribution in [0.4, 0.5) is 0 Å². The Morgan fingerprint density at radius 2 is 2.33 bits per heavy atom. The topological polar surface area (TPSA) is 68.2 Å². The molecule has 2 heterocycles. The maximum Gasteiger partial charge on any atom is 0.243 e. The molecule has 0 aliphatic carbocycles. The van der Waals surface area contributed by atoms with Crippen LogP contribution >= 0.6 is 11.8 Å². The van der Waals surface area contributed by atoms with E-state index in [1.54, 1.807) is 0 Å². The van der Waals surface area contributed by atoms with E-state index in [9.17, 15) is 0 Å². The Hall–Kier alpha value is -0.590. The van der Waals surface area contributed by atoms with Crippen LogP contribution in [-0.2, 0) is 0 Å². The number of aromatic nitrogens is 2. The van der Waals surface area contributed by atoms with Crippen LogP contribution in [0.5, 0.6) is 0 Å². The molecule has 1 aromatic rings. The molecule has 0 radical (unpaired) electrons. The van der Waals surface area contributed by atoms with Crippen molar-refractivity contribution < 1.29 is 4.52 Å². The van der Waals surface area contributed by atoms with Crippen molar-refractivity contribution in [2.75, 3.05) is 25.1 Å². The molecule has 0 spiro atoms. The summed E-state index contributed by atoms with van der Waals surface area (Å²) in [5, 5.41) is 4.10. The maximum atomic E-state index is 6.06. The van der Waals surface area contributed by atoms with Gasteiger partial charge in [0.25, 0.3) is 0 Å². The smallest absolute Gasteiger partial charge is 0.243 e. The summed E-state index contributed by atoms with van der Waals surface area (Å²) >= 11 is 1.94. The van der Waals surface area contributed by atoms with E-state index in [2.05, 4.69) is 35.9 Å². The van der Waals surface area contributed by atoms with Crippen LogP contribution in [0.1, 0.15) is 44.1 Å². The number of thioether (sulfide) groups is 1. The van der Waals surface area contributed by atoms with Crippen molar-refractivity contribution in [3.8, 4) is 0 Å². The molecule has 6 heteroatoms. The van der Waals surface area contributed by atoms with Crippen LogP contribution < -0.4 is 5.73 Å². The molecule has 1 fully saturated rings. The Labute approximate surface area is 112 Å². The van der Waals surface area contributed by atoms with Gasteiger partial charge in [-0.1, -0.05) is 19.0 Å². The standard InChI is InChI=1S/C12H22N4OS/c1-8(2)6-9(13)12-14-11(15-17-12)10-7-18-5-4-16(10)3/h8-10H,4-7,13H2,1-3H3/t9-,10?/m1/s1. The van der Waals surface area contributed by atoms with Gasteiger partial charge in [0, 0.05) is 18.1 Å². The van der Waals surface area contributed by atoms with E-state index in [-0.39, 0.29) is 12.1 Å². The molecule has 1 aliphatic rings. The highest BCUT2D eigenvalue weighted by molar-refractivity contribution is 7.99. The predicted molar refractivity (Wildman–Crippen MR) is 73.4 cm³/mol. The third kappa shape index (κ3) is 3.24. The van der Waals surface area contributed by atoms with Gasteiger partial charge in [0.15, 0.2) is 5.82 Å². The number of nitrogens with two attached hydrogens (primary N) is 1. The molecule has 102 valence electrons. The van der Waals surface area contributed by atoms with E-state index in [1.807, 2.05) is 11.8 Å². The fourth-order valence-electron chi connectivity index (χ4n) is 2.10. The first-order chi connectivity index (χ1) is 8.58. The Morgan fingerprint density at radius 3 is 3.00 bits per heavy atom. The van der Waals surface area contributed by atoms with Crippen molar-refractivity contribution in [2.24, 2.45) is 11.7 Å². The second-order valence-electron chi connectivity index (χ2n) is 5.30. The van der Waals surface area contributed by atoms with E-state index in [0.717, 1.165) is 24.5 Å². The molecule has 2 N–H and O–H groups in total. The molecular formula is C12H22N4OS. The minimum Gasteiger partial charge on any atom is -0.338 e. The summed E-state index contributed by atoms with van der Waals surface area (Å²) in [6.07, 6.45) is 0.872. The second kappa shape index (κ2) is 6.04. The Balaban J connectivity index is 2.05. The highest BCUT2D eigenvalue weighted by atomic mass is 32.2. The summed E-state index contributed by atoms with van der Waals surface area (Å²) in [5.41, 5.74) is 6.06. The normalized spacial score (nSPS) is 23.5. The zero-order valence-electron chi connectivity index (χ0n) is 11.3. The molecule has 5 nitrogen and oxygen atoms in total. The van der Waals surface area contributed by atoms with Crippen LogP contribution in [0.15, 0.2) is 4.52 Å². The summed E-state index contributed by atoms with van der Waals surface area (Å²) in [7, 11) is 2.11. The first-order valence-electron chi connectivity index (χ1n) is 6.45. The van der Waals surface area contributed by atoms with E-state index in [1.165, 1.54) is 5.75 Å². The van der Waals surface area contributed by atoms with Gasteiger partial charge in [0.05, 0.1) is 12.1 Å². The van der Waals surface area contributed by atoms with Gasteiger partial charge in [-0.25, -0.2) is 0 Å². The van der Waals surface area contributed by atoms with E-state index < -0.39 is 0 Å². The molecule has 1 unspecified atom stereocenters. The van der Waals surface area contributed by atoms with Gasteiger partial charge in [0.1, 0.15) is 0 Å². The van der Waals surface area contributed by atoms with Gasteiger partial charge < -0.3 is 10.3 Å². The van der Waals surface area contributed by atoms with Gasteiger partial charge in [-0.15, -0.1) is 0 Å². The van der Waals surface area contributed by atoms with Crippen LogP contribution in [0.2, 0.25) is 0 Å². The van der Waals surface area contributed by atoms with Gasteiger partial charge in [-0.2, -0.15) is 16.7 Å². The first-order valence-corrected chi connectivity index (χ1v) is 7.60. The molecule has 0 saturated carbocycles. The van der Waals surface area contributed by atoms with E-state index in [4.69, 9.17) is 10.3 Å². The minimum atomic E-state index is -0.146. The lowest BCUT2D eigenvalue weighted by atomic mass is 10.0. The van der Waals surface area contributed by atoms with E-state index >= 15 is 0 Å². The van der Waals surface area contributed by atoms with Crippen LogP contribution in [0.3, 0.4) is 0 Å². The van der Waals surface area contributed by atoms with Gasteiger partial charge in [-0.05, 0) is 19.4 Å². The molecule has 1 aliphatic heterocycles. The molecule has 2 atom stereocenters. The highest BCUT2D eigenvalue weighted by Crippen LogP contribution is 2.27. The number of hydrogen-bond acceptors (Lipinski definition) is 6. The monoisotopic (exact) mass is 270 g/mol. The first kappa shape index (κ1) is 13.8. The van der Waals surface area contributed by atoms with Crippen molar-refractivity contribution in [2.45, 2.75) is 32.4 Å². The molecule has 1 saturated heterocycles. The van der Waals surface area contributed by atoms with Crippen molar-refractivity contribution in [3.63, 3.8) is 0 Å². The third-order valence-corrected chi connectivity index (χ3v) is 4.22. The zero-order chi connectivity index (χ0) is 13.1. The fourth-order valence-corrected chi connectivity index (χ4v) is 3.31. The highest BCUT2D eigenvalue weighted by Gasteiger charge is 2.27. The number of nitrogens with zero attached hydrogens (tertiary/aromatic N) is 3. The molecule has 18 heavy (non-hydrogen) atoms. The Kier molecular flexibility index (Phi) is 4.64. The van der Waals surface area contributed by atoms with Crippen molar-refractivity contribution in [1.82, 2.24) is 15.0 Å². The summed E-state index contributed by atoms with van der Waals surface area (Å²) in [6.45, 7) is 5.35. The van der Waals surface area contributed by atoms with Gasteiger partial charge >= 0.3 is 0 Å². The Morgan fingerprint density at radius 1 is 1.56 bits per heavy atom. The van der Waals surface area contributed by atoms with Crippen molar-refractivity contribution >= 4 is 11.8 Å². The van der Waals surface area contributed by atoms with Crippen LogP contribution in [0, 0.1) is 5.92 Å². The molecule has 0 aromatic carbocycles. The van der Waals surface area contributed by atoms with E-state index in [0.29, 0.717) is 11.8 Å². The van der Waals surface area contributed by atoms with Crippen molar-refractivity contribution in [1.29, 1.82) is 0 Å².